The Labute approximate surface area is 110 Å². The zero-order valence-corrected chi connectivity index (χ0v) is 11.6. The van der Waals surface area contributed by atoms with Crippen molar-refractivity contribution in [1.29, 1.82) is 0 Å². The van der Waals surface area contributed by atoms with Crippen molar-refractivity contribution in [3.63, 3.8) is 0 Å². The quantitative estimate of drug-likeness (QED) is 0.572. The van der Waals surface area contributed by atoms with Crippen LogP contribution in [0.4, 0.5) is 10.7 Å². The fraction of sp³-hybridized carbons (Fsp3) is 0.600. The molecular weight excluding hydrogens is 252 g/mol. The van der Waals surface area contributed by atoms with Gasteiger partial charge in [-0.05, 0) is 6.92 Å². The maximum Gasteiger partial charge on any atom is 0.355 e. The van der Waals surface area contributed by atoms with E-state index in [1.165, 1.54) is 17.9 Å². The van der Waals surface area contributed by atoms with Gasteiger partial charge in [-0.2, -0.15) is 0 Å². The van der Waals surface area contributed by atoms with Crippen molar-refractivity contribution in [1.82, 2.24) is 19.7 Å². The number of oxime groups is 1. The minimum Gasteiger partial charge on any atom is -0.399 e. The van der Waals surface area contributed by atoms with Gasteiger partial charge in [0.15, 0.2) is 0 Å². The summed E-state index contributed by atoms with van der Waals surface area (Å²) in [6, 6.07) is -1.01. The van der Waals surface area contributed by atoms with E-state index in [1.807, 2.05) is 0 Å². The minimum atomic E-state index is -0.622. The summed E-state index contributed by atoms with van der Waals surface area (Å²) in [6.07, 6.45) is 1.40. The van der Waals surface area contributed by atoms with Crippen LogP contribution in [-0.2, 0) is 11.9 Å². The maximum atomic E-state index is 11.9. The van der Waals surface area contributed by atoms with Gasteiger partial charge in [0, 0.05) is 21.1 Å². The predicted molar refractivity (Wildman–Crippen MR) is 70.7 cm³/mol. The number of nitrogens with zero attached hydrogens (tertiary/aromatic N) is 5. The summed E-state index contributed by atoms with van der Waals surface area (Å²) in [4.78, 5) is 29.9. The first kappa shape index (κ1) is 14.7. The van der Waals surface area contributed by atoms with Crippen LogP contribution in [-0.4, -0.2) is 53.8 Å². The largest absolute Gasteiger partial charge is 0.399 e. The predicted octanol–water partition coefficient (Wildman–Crippen LogP) is -0.774. The van der Waals surface area contributed by atoms with Crippen LogP contribution in [0.5, 0.6) is 0 Å². The lowest BCUT2D eigenvalue weighted by Gasteiger charge is -2.08. The van der Waals surface area contributed by atoms with Crippen LogP contribution in [0.15, 0.2) is 9.95 Å². The number of carbonyl (C=O) groups is 1. The maximum absolute atomic E-state index is 11.9. The number of aromatic nitrogens is 3. The first-order valence-electron chi connectivity index (χ1n) is 5.59. The molecule has 0 fully saturated rings. The minimum absolute atomic E-state index is 0.385. The second kappa shape index (κ2) is 6.03. The number of amides is 1. The van der Waals surface area contributed by atoms with E-state index in [1.54, 1.807) is 33.0 Å². The van der Waals surface area contributed by atoms with E-state index in [4.69, 9.17) is 0 Å². The molecule has 0 aliphatic rings. The van der Waals surface area contributed by atoms with Crippen molar-refractivity contribution in [3.05, 3.63) is 10.5 Å². The molecule has 0 spiro atoms. The van der Waals surface area contributed by atoms with Gasteiger partial charge in [-0.15, -0.1) is 9.78 Å². The van der Waals surface area contributed by atoms with E-state index >= 15 is 0 Å². The standard InChI is InChI=1S/C10H18N6O3/c1-7(6-11-19-5)12-9(17)16-10(18)15(4)8(13-16)14(2)3/h6-7H,1-5H3,(H,12,17). The Hall–Kier alpha value is -2.32. The molecule has 0 aromatic carbocycles. The average Bonchev–Trinajstić information content (AvgIpc) is 2.64. The Kier molecular flexibility index (Phi) is 4.67. The van der Waals surface area contributed by atoms with Gasteiger partial charge in [0.1, 0.15) is 7.11 Å². The van der Waals surface area contributed by atoms with Crippen molar-refractivity contribution < 1.29 is 9.63 Å². The van der Waals surface area contributed by atoms with Crippen LogP contribution in [0, 0.1) is 0 Å². The Balaban J connectivity index is 2.92. The van der Waals surface area contributed by atoms with E-state index < -0.39 is 11.7 Å². The lowest BCUT2D eigenvalue weighted by Crippen LogP contribution is -2.42. The molecule has 9 nitrogen and oxygen atoms in total. The Morgan fingerprint density at radius 1 is 1.58 bits per heavy atom. The van der Waals surface area contributed by atoms with Gasteiger partial charge >= 0.3 is 11.7 Å². The molecule has 1 rings (SSSR count). The highest BCUT2D eigenvalue weighted by Crippen LogP contribution is 2.00. The molecule has 0 radical (unpaired) electrons. The molecule has 0 bridgehead atoms. The molecule has 1 unspecified atom stereocenters. The topological polar surface area (TPSA) is 93.7 Å². The van der Waals surface area contributed by atoms with Crippen molar-refractivity contribution in [2.24, 2.45) is 12.2 Å². The van der Waals surface area contributed by atoms with Crippen LogP contribution >= 0.6 is 0 Å². The number of nitrogens with one attached hydrogen (secondary N) is 1. The van der Waals surface area contributed by atoms with Gasteiger partial charge in [-0.3, -0.25) is 4.57 Å². The van der Waals surface area contributed by atoms with Crippen molar-refractivity contribution in [3.8, 4) is 0 Å². The van der Waals surface area contributed by atoms with Gasteiger partial charge in [-0.1, -0.05) is 5.16 Å². The lowest BCUT2D eigenvalue weighted by molar-refractivity contribution is 0.213. The van der Waals surface area contributed by atoms with E-state index in [0.29, 0.717) is 5.95 Å². The summed E-state index contributed by atoms with van der Waals surface area (Å²) in [6.45, 7) is 1.70. The highest BCUT2D eigenvalue weighted by atomic mass is 16.6. The SMILES string of the molecule is CON=CC(C)NC(=O)n1nc(N(C)C)n(C)c1=O. The van der Waals surface area contributed by atoms with Crippen LogP contribution in [0.25, 0.3) is 0 Å². The fourth-order valence-electron chi connectivity index (χ4n) is 1.39. The van der Waals surface area contributed by atoms with Gasteiger partial charge in [0.2, 0.25) is 5.95 Å². The summed E-state index contributed by atoms with van der Waals surface area (Å²) in [5, 5.41) is 10.0. The van der Waals surface area contributed by atoms with Crippen molar-refractivity contribution in [2.45, 2.75) is 13.0 Å². The van der Waals surface area contributed by atoms with Crippen molar-refractivity contribution in [2.75, 3.05) is 26.1 Å². The number of anilines is 1. The van der Waals surface area contributed by atoms with Crippen LogP contribution in [0.3, 0.4) is 0 Å². The first-order chi connectivity index (χ1) is 8.88. The molecular formula is C10H18N6O3. The smallest absolute Gasteiger partial charge is 0.355 e. The lowest BCUT2D eigenvalue weighted by atomic mass is 10.4. The summed E-state index contributed by atoms with van der Waals surface area (Å²) >= 11 is 0. The third kappa shape index (κ3) is 3.33. The average molecular weight is 270 g/mol. The molecule has 19 heavy (non-hydrogen) atoms. The van der Waals surface area contributed by atoms with Crippen molar-refractivity contribution >= 4 is 18.2 Å². The number of carbonyl (C=O) groups excluding carboxylic acids is 1. The molecule has 1 aromatic heterocycles. The summed E-state index contributed by atoms with van der Waals surface area (Å²) in [5.74, 6) is 0.387. The molecule has 0 aliphatic heterocycles. The molecule has 0 saturated heterocycles. The fourth-order valence-corrected chi connectivity index (χ4v) is 1.39. The zero-order chi connectivity index (χ0) is 14.6. The van der Waals surface area contributed by atoms with Gasteiger partial charge in [-0.25, -0.2) is 9.59 Å². The molecule has 1 aromatic rings. The molecule has 0 saturated carbocycles. The third-order valence-electron chi connectivity index (χ3n) is 2.29. The van der Waals surface area contributed by atoms with Gasteiger partial charge in [0.05, 0.1) is 12.3 Å². The normalized spacial score (nSPS) is 12.5. The van der Waals surface area contributed by atoms with E-state index in [9.17, 15) is 9.59 Å². The molecule has 106 valence electrons. The Morgan fingerprint density at radius 2 is 2.21 bits per heavy atom. The van der Waals surface area contributed by atoms with Crippen LogP contribution in [0.2, 0.25) is 0 Å². The summed E-state index contributed by atoms with van der Waals surface area (Å²) in [7, 11) is 6.41. The van der Waals surface area contributed by atoms with E-state index in [-0.39, 0.29) is 6.04 Å². The number of hydrogen-bond acceptors (Lipinski definition) is 6. The molecule has 1 heterocycles. The second-order valence-corrected chi connectivity index (χ2v) is 4.12. The monoisotopic (exact) mass is 270 g/mol. The molecule has 9 heteroatoms. The molecule has 1 amide bonds. The van der Waals surface area contributed by atoms with Gasteiger partial charge in [0.25, 0.3) is 0 Å². The summed E-state index contributed by atoms with van der Waals surface area (Å²) < 4.78 is 2.06. The van der Waals surface area contributed by atoms with E-state index in [2.05, 4.69) is 20.4 Å². The van der Waals surface area contributed by atoms with Crippen LogP contribution in [0.1, 0.15) is 6.92 Å². The Bertz CT molecular complexity index is 530. The second-order valence-electron chi connectivity index (χ2n) is 4.12. The Morgan fingerprint density at radius 3 is 2.68 bits per heavy atom. The van der Waals surface area contributed by atoms with Crippen LogP contribution < -0.4 is 15.9 Å². The highest BCUT2D eigenvalue weighted by molar-refractivity contribution is 5.80. The number of rotatable bonds is 4. The van der Waals surface area contributed by atoms with E-state index in [0.717, 1.165) is 4.68 Å². The zero-order valence-electron chi connectivity index (χ0n) is 11.6. The van der Waals surface area contributed by atoms with Gasteiger partial charge < -0.3 is 15.1 Å². The summed E-state index contributed by atoms with van der Waals surface area (Å²) in [5.41, 5.74) is -0.517. The third-order valence-corrected chi connectivity index (χ3v) is 2.29. The number of hydrogen-bond donors (Lipinski definition) is 1. The molecule has 1 atom stereocenters. The first-order valence-corrected chi connectivity index (χ1v) is 5.59. The molecule has 1 N–H and O–H groups in total. The molecule has 0 aliphatic carbocycles. The highest BCUT2D eigenvalue weighted by Gasteiger charge is 2.18.